The minimum absolute atomic E-state index is 0.0741. The second-order valence-electron chi connectivity index (χ2n) is 2.04. The third-order valence-electron chi connectivity index (χ3n) is 1.04. The van der Waals surface area contributed by atoms with Crippen LogP contribution in [-0.4, -0.2) is 22.8 Å². The van der Waals surface area contributed by atoms with E-state index in [9.17, 15) is 8.42 Å². The Balaban J connectivity index is 0.000000364. The highest BCUT2D eigenvalue weighted by Gasteiger charge is 2.05. The van der Waals surface area contributed by atoms with Crippen LogP contribution >= 0.6 is 8.25 Å². The Morgan fingerprint density at radius 2 is 1.43 bits per heavy atom. The van der Waals surface area contributed by atoms with Crippen molar-refractivity contribution < 1.29 is 27.3 Å². The van der Waals surface area contributed by atoms with Crippen molar-refractivity contribution in [2.75, 3.05) is 0 Å². The summed E-state index contributed by atoms with van der Waals surface area (Å²) in [5.41, 5.74) is 0. The van der Waals surface area contributed by atoms with Crippen LogP contribution in [0.4, 0.5) is 0 Å². The summed E-state index contributed by atoms with van der Waals surface area (Å²) in [6.07, 6.45) is 0. The Labute approximate surface area is 81.5 Å². The fraction of sp³-hybridized carbons (Fsp3) is 0. The number of rotatable bonds is 1. The molecule has 14 heavy (non-hydrogen) atoms. The molecule has 0 amide bonds. The van der Waals surface area contributed by atoms with Gasteiger partial charge in [0.15, 0.2) is 0 Å². The van der Waals surface area contributed by atoms with Crippen molar-refractivity contribution in [3.05, 3.63) is 30.3 Å². The molecule has 0 aromatic heterocycles. The van der Waals surface area contributed by atoms with Crippen molar-refractivity contribution in [3.63, 3.8) is 0 Å². The predicted molar refractivity (Wildman–Crippen MR) is 48.3 cm³/mol. The maximum atomic E-state index is 10.4. The minimum atomic E-state index is -4.00. The zero-order valence-corrected chi connectivity index (χ0v) is 8.52. The van der Waals surface area contributed by atoms with E-state index in [1.807, 2.05) is 0 Å². The summed E-state index contributed by atoms with van der Waals surface area (Å²) in [6, 6.07) is 7.42. The van der Waals surface area contributed by atoms with E-state index in [0.717, 1.165) is 0 Å². The van der Waals surface area contributed by atoms with Crippen LogP contribution in [0.25, 0.3) is 0 Å². The van der Waals surface area contributed by atoms with Gasteiger partial charge in [-0.05, 0) is 12.1 Å². The first-order valence-corrected chi connectivity index (χ1v) is 5.82. The summed E-state index contributed by atoms with van der Waals surface area (Å²) in [5.74, 6) is 0. The molecule has 0 saturated heterocycles. The normalized spacial score (nSPS) is 9.93. The van der Waals surface area contributed by atoms with Crippen LogP contribution in [0, 0.1) is 0 Å². The molecule has 78 valence electrons. The van der Waals surface area contributed by atoms with Crippen molar-refractivity contribution >= 4 is 18.4 Å². The van der Waals surface area contributed by atoms with E-state index in [0.29, 0.717) is 0 Å². The van der Waals surface area contributed by atoms with Crippen LogP contribution in [0.15, 0.2) is 35.2 Å². The van der Waals surface area contributed by atoms with Gasteiger partial charge in [0.05, 0.1) is 4.90 Å². The average molecular weight is 239 g/mol. The molecule has 0 atom stereocenters. The molecule has 0 radical (unpaired) electrons. The zero-order chi connectivity index (χ0) is 11.2. The highest BCUT2D eigenvalue weighted by molar-refractivity contribution is 7.85. The molecule has 0 bridgehead atoms. The highest BCUT2D eigenvalue weighted by Crippen LogP contribution is 2.05. The van der Waals surface area contributed by atoms with Gasteiger partial charge in [-0.25, -0.2) is 0 Å². The van der Waals surface area contributed by atoms with E-state index in [1.54, 1.807) is 18.2 Å². The van der Waals surface area contributed by atoms with Crippen molar-refractivity contribution in [2.24, 2.45) is 0 Å². The molecule has 0 heterocycles. The first kappa shape index (κ1) is 13.2. The van der Waals surface area contributed by atoms with Gasteiger partial charge in [-0.3, -0.25) is 4.55 Å². The third-order valence-corrected chi connectivity index (χ3v) is 1.91. The summed E-state index contributed by atoms with van der Waals surface area (Å²) in [4.78, 5) is 14.2. The van der Waals surface area contributed by atoms with Gasteiger partial charge in [-0.1, -0.05) is 18.2 Å². The van der Waals surface area contributed by atoms with E-state index in [1.165, 1.54) is 12.1 Å². The maximum absolute atomic E-state index is 10.4. The lowest BCUT2D eigenvalue weighted by Crippen LogP contribution is -1.96. The van der Waals surface area contributed by atoms with Gasteiger partial charge in [0.25, 0.3) is 10.1 Å². The third kappa shape index (κ3) is 6.64. The molecule has 0 saturated carbocycles. The minimum Gasteiger partial charge on any atom is -0.282 e. The number of hydrogen-bond donors (Lipinski definition) is 3. The van der Waals surface area contributed by atoms with Crippen LogP contribution in [0.1, 0.15) is 0 Å². The molecule has 3 N–H and O–H groups in total. The van der Waals surface area contributed by atoms with Gasteiger partial charge in [0.2, 0.25) is 0 Å². The Hall–Kier alpha value is -0.850. The van der Waals surface area contributed by atoms with E-state index >= 15 is 0 Å². The van der Waals surface area contributed by atoms with Gasteiger partial charge in [-0.15, -0.1) is 9.79 Å². The van der Waals surface area contributed by atoms with Crippen LogP contribution in [0.2, 0.25) is 0 Å². The Morgan fingerprint density at radius 1 is 1.07 bits per heavy atom. The topological polar surface area (TPSA) is 112 Å². The lowest BCUT2D eigenvalue weighted by molar-refractivity contribution is 0.405. The molecule has 8 heteroatoms. The van der Waals surface area contributed by atoms with Gasteiger partial charge < -0.3 is 0 Å². The predicted octanol–water partition coefficient (Wildman–Crippen LogP) is 0.562. The van der Waals surface area contributed by atoms with Gasteiger partial charge in [0, 0.05) is 4.57 Å². The Kier molecular flexibility index (Phi) is 5.44. The second-order valence-corrected chi connectivity index (χ2v) is 3.97. The summed E-state index contributed by atoms with van der Waals surface area (Å²) in [6.45, 7) is 0. The molecule has 1 rings (SSSR count). The van der Waals surface area contributed by atoms with Gasteiger partial charge >= 0.3 is 8.25 Å². The molecule has 1 aromatic rings. The second kappa shape index (κ2) is 5.79. The smallest absolute Gasteiger partial charge is 0.282 e. The van der Waals surface area contributed by atoms with Gasteiger partial charge in [0.1, 0.15) is 0 Å². The Morgan fingerprint density at radius 3 is 1.64 bits per heavy atom. The van der Waals surface area contributed by atoms with E-state index in [-0.39, 0.29) is 4.90 Å². The summed E-state index contributed by atoms with van der Waals surface area (Å²) in [7, 11) is -6.87. The van der Waals surface area contributed by atoms with E-state index < -0.39 is 18.4 Å². The van der Waals surface area contributed by atoms with Crippen LogP contribution in [-0.2, 0) is 14.7 Å². The molecule has 6 nitrogen and oxygen atoms in total. The highest BCUT2D eigenvalue weighted by atomic mass is 32.2. The van der Waals surface area contributed by atoms with Crippen molar-refractivity contribution in [1.29, 1.82) is 0 Å². The first-order chi connectivity index (χ1) is 6.34. The average Bonchev–Trinajstić information content (AvgIpc) is 2.03. The molecular weight excluding hydrogens is 231 g/mol. The Bertz CT molecular complexity index is 382. The molecule has 0 fully saturated rings. The first-order valence-electron chi connectivity index (χ1n) is 3.21. The van der Waals surface area contributed by atoms with Crippen LogP contribution in [0.5, 0.6) is 0 Å². The summed E-state index contributed by atoms with van der Waals surface area (Å²) in [5, 5.41) is 0. The molecular formula is C6H8O6PS+. The van der Waals surface area contributed by atoms with Crippen molar-refractivity contribution in [3.8, 4) is 0 Å². The SMILES string of the molecule is O=S(=O)(O)c1ccccc1.O=[P+](O)O. The fourth-order valence-electron chi connectivity index (χ4n) is 0.592. The number of benzene rings is 1. The van der Waals surface area contributed by atoms with Crippen molar-refractivity contribution in [2.45, 2.75) is 4.90 Å². The van der Waals surface area contributed by atoms with Crippen LogP contribution in [0.3, 0.4) is 0 Å². The lowest BCUT2D eigenvalue weighted by Gasteiger charge is -1.92. The zero-order valence-electron chi connectivity index (χ0n) is 6.81. The fourth-order valence-corrected chi connectivity index (χ4v) is 1.09. The lowest BCUT2D eigenvalue weighted by atomic mass is 10.4. The van der Waals surface area contributed by atoms with Crippen molar-refractivity contribution in [1.82, 2.24) is 0 Å². The maximum Gasteiger partial charge on any atom is 0.692 e. The van der Waals surface area contributed by atoms with Gasteiger partial charge in [-0.2, -0.15) is 8.42 Å². The molecule has 0 aliphatic rings. The van der Waals surface area contributed by atoms with E-state index in [4.69, 9.17) is 18.9 Å². The molecule has 0 aliphatic heterocycles. The summed E-state index contributed by atoms with van der Waals surface area (Å²) >= 11 is 0. The quantitative estimate of drug-likeness (QED) is 0.487. The summed E-state index contributed by atoms with van der Waals surface area (Å²) < 4.78 is 37.9. The molecule has 1 aromatic carbocycles. The monoisotopic (exact) mass is 239 g/mol. The molecule has 0 aliphatic carbocycles. The molecule has 0 spiro atoms. The standard InChI is InChI=1S/C6H6O3S.HO3P/c7-10(8,9)6-4-2-1-3-5-6;1-4(2)3/h1-5H,(H,7,8,9);(H-,1,2,3)/p+1. The van der Waals surface area contributed by atoms with Crippen LogP contribution < -0.4 is 0 Å². The number of hydrogen-bond acceptors (Lipinski definition) is 3. The molecule has 0 unspecified atom stereocenters. The largest absolute Gasteiger partial charge is 0.692 e. The van der Waals surface area contributed by atoms with E-state index in [2.05, 4.69) is 0 Å².